The van der Waals surface area contributed by atoms with Gasteiger partial charge in [-0.15, -0.1) is 0 Å². The summed E-state index contributed by atoms with van der Waals surface area (Å²) < 4.78 is 11.6. The highest BCUT2D eigenvalue weighted by Crippen LogP contribution is 2.38. The van der Waals surface area contributed by atoms with Gasteiger partial charge in [-0.1, -0.05) is 62.4 Å². The molecule has 0 aliphatic rings. The summed E-state index contributed by atoms with van der Waals surface area (Å²) in [5, 5.41) is 4.52. The fourth-order valence-electron chi connectivity index (χ4n) is 3.32. The zero-order valence-electron chi connectivity index (χ0n) is 17.1. The summed E-state index contributed by atoms with van der Waals surface area (Å²) in [4.78, 5) is 24.1. The first-order valence-electron chi connectivity index (χ1n) is 9.73. The molecule has 0 saturated heterocycles. The van der Waals surface area contributed by atoms with Crippen LogP contribution in [-0.2, 0) is 24.7 Å². The van der Waals surface area contributed by atoms with Crippen LogP contribution in [-0.4, -0.2) is 18.5 Å². The number of ether oxygens (including phenoxy) is 2. The standard InChI is InChI=1S/C24H25BrO4/c1-5-15(2)23(27)28-14-21(26)29-24(3,4)20-13-12-18-17-9-7-6-8-16(17)10-11-19(18)22(20)25/h6-13,15H,5,14H2,1-4H3. The maximum absolute atomic E-state index is 12.3. The number of hydrogen-bond acceptors (Lipinski definition) is 4. The molecule has 3 aromatic rings. The van der Waals surface area contributed by atoms with E-state index in [-0.39, 0.29) is 18.5 Å². The lowest BCUT2D eigenvalue weighted by Crippen LogP contribution is -2.29. The van der Waals surface area contributed by atoms with E-state index in [1.165, 1.54) is 10.8 Å². The number of halogens is 1. The number of fused-ring (bicyclic) bond motifs is 3. The van der Waals surface area contributed by atoms with Gasteiger partial charge in [0.25, 0.3) is 0 Å². The third-order valence-electron chi connectivity index (χ3n) is 5.22. The zero-order valence-corrected chi connectivity index (χ0v) is 18.7. The van der Waals surface area contributed by atoms with Gasteiger partial charge in [0.05, 0.1) is 5.92 Å². The quantitative estimate of drug-likeness (QED) is 0.331. The van der Waals surface area contributed by atoms with Crippen molar-refractivity contribution in [3.63, 3.8) is 0 Å². The van der Waals surface area contributed by atoms with Gasteiger partial charge >= 0.3 is 11.9 Å². The SMILES string of the molecule is CCC(C)C(=O)OCC(=O)OC(C)(C)c1ccc2c(ccc3ccccc32)c1Br. The second kappa shape index (κ2) is 8.54. The van der Waals surface area contributed by atoms with Gasteiger partial charge in [0.2, 0.25) is 0 Å². The molecule has 0 heterocycles. The van der Waals surface area contributed by atoms with Crippen molar-refractivity contribution in [2.45, 2.75) is 39.7 Å². The van der Waals surface area contributed by atoms with Crippen LogP contribution < -0.4 is 0 Å². The Hall–Kier alpha value is -2.40. The molecule has 1 atom stereocenters. The molecule has 5 heteroatoms. The van der Waals surface area contributed by atoms with Crippen LogP contribution in [0.2, 0.25) is 0 Å². The largest absolute Gasteiger partial charge is 0.453 e. The lowest BCUT2D eigenvalue weighted by Gasteiger charge is -2.27. The summed E-state index contributed by atoms with van der Waals surface area (Å²) >= 11 is 3.71. The smallest absolute Gasteiger partial charge is 0.345 e. The van der Waals surface area contributed by atoms with Crippen molar-refractivity contribution >= 4 is 49.4 Å². The van der Waals surface area contributed by atoms with Gasteiger partial charge < -0.3 is 9.47 Å². The lowest BCUT2D eigenvalue weighted by atomic mass is 9.93. The second-order valence-electron chi connectivity index (χ2n) is 7.71. The van der Waals surface area contributed by atoms with Crippen LogP contribution >= 0.6 is 15.9 Å². The van der Waals surface area contributed by atoms with Crippen molar-refractivity contribution < 1.29 is 19.1 Å². The van der Waals surface area contributed by atoms with Gasteiger partial charge in [0.1, 0.15) is 5.60 Å². The number of hydrogen-bond donors (Lipinski definition) is 0. The molecule has 3 aromatic carbocycles. The Bertz CT molecular complexity index is 1070. The van der Waals surface area contributed by atoms with Gasteiger partial charge in [-0.05, 0) is 57.7 Å². The fourth-order valence-corrected chi connectivity index (χ4v) is 4.28. The van der Waals surface area contributed by atoms with E-state index in [9.17, 15) is 9.59 Å². The molecule has 0 saturated carbocycles. The van der Waals surface area contributed by atoms with Crippen LogP contribution in [0.4, 0.5) is 0 Å². The first-order valence-corrected chi connectivity index (χ1v) is 10.5. The molecule has 0 amide bonds. The third-order valence-corrected chi connectivity index (χ3v) is 6.08. The van der Waals surface area contributed by atoms with Crippen molar-refractivity contribution in [1.82, 2.24) is 0 Å². The first-order chi connectivity index (χ1) is 13.7. The monoisotopic (exact) mass is 456 g/mol. The van der Waals surface area contributed by atoms with Crippen LogP contribution in [0.25, 0.3) is 21.5 Å². The summed E-state index contributed by atoms with van der Waals surface area (Å²) in [5.74, 6) is -1.20. The van der Waals surface area contributed by atoms with Crippen LogP contribution in [0, 0.1) is 5.92 Å². The summed E-state index contributed by atoms with van der Waals surface area (Å²) in [7, 11) is 0. The molecule has 0 bridgehead atoms. The van der Waals surface area contributed by atoms with Gasteiger partial charge in [-0.2, -0.15) is 0 Å². The van der Waals surface area contributed by atoms with E-state index in [2.05, 4.69) is 46.3 Å². The molecule has 0 aliphatic carbocycles. The Morgan fingerprint density at radius 1 is 1.00 bits per heavy atom. The molecule has 0 fully saturated rings. The molecule has 3 rings (SSSR count). The Morgan fingerprint density at radius 3 is 2.41 bits per heavy atom. The fraction of sp³-hybridized carbons (Fsp3) is 0.333. The second-order valence-corrected chi connectivity index (χ2v) is 8.50. The zero-order chi connectivity index (χ0) is 21.2. The van der Waals surface area contributed by atoms with Gasteiger partial charge in [-0.25, -0.2) is 4.79 Å². The van der Waals surface area contributed by atoms with E-state index in [1.54, 1.807) is 6.92 Å². The van der Waals surface area contributed by atoms with Crippen molar-refractivity contribution in [2.24, 2.45) is 5.92 Å². The van der Waals surface area contributed by atoms with Gasteiger partial charge in [0, 0.05) is 10.0 Å². The normalized spacial score (nSPS) is 12.7. The minimum absolute atomic E-state index is 0.236. The highest BCUT2D eigenvalue weighted by Gasteiger charge is 2.29. The number of esters is 2. The number of carbonyl (C=O) groups excluding carboxylic acids is 2. The minimum Gasteiger partial charge on any atom is -0.453 e. The molecule has 152 valence electrons. The Balaban J connectivity index is 1.84. The third kappa shape index (κ3) is 4.45. The summed E-state index contributed by atoms with van der Waals surface area (Å²) in [5.41, 5.74) is -0.0414. The van der Waals surface area contributed by atoms with E-state index in [0.29, 0.717) is 6.42 Å². The van der Waals surface area contributed by atoms with Gasteiger partial charge in [0.15, 0.2) is 6.61 Å². The topological polar surface area (TPSA) is 52.6 Å². The molecular weight excluding hydrogens is 432 g/mol. The molecule has 0 spiro atoms. The number of carbonyl (C=O) groups is 2. The average Bonchev–Trinajstić information content (AvgIpc) is 2.70. The van der Waals surface area contributed by atoms with Crippen molar-refractivity contribution in [3.8, 4) is 0 Å². The highest BCUT2D eigenvalue weighted by atomic mass is 79.9. The summed E-state index contributed by atoms with van der Waals surface area (Å²) in [6, 6.07) is 16.4. The first kappa shape index (κ1) is 21.3. The lowest BCUT2D eigenvalue weighted by molar-refractivity contribution is -0.170. The van der Waals surface area contributed by atoms with E-state index in [4.69, 9.17) is 9.47 Å². The Kier molecular flexibility index (Phi) is 6.27. The van der Waals surface area contributed by atoms with E-state index in [0.717, 1.165) is 20.8 Å². The predicted molar refractivity (Wildman–Crippen MR) is 119 cm³/mol. The Labute approximate surface area is 179 Å². The van der Waals surface area contributed by atoms with Crippen LogP contribution in [0.5, 0.6) is 0 Å². The maximum Gasteiger partial charge on any atom is 0.345 e. The molecule has 4 nitrogen and oxygen atoms in total. The van der Waals surface area contributed by atoms with Crippen LogP contribution in [0.15, 0.2) is 53.0 Å². The molecule has 0 aromatic heterocycles. The predicted octanol–water partition coefficient (Wildman–Crippen LogP) is 6.12. The highest BCUT2D eigenvalue weighted by molar-refractivity contribution is 9.10. The van der Waals surface area contributed by atoms with Crippen LogP contribution in [0.3, 0.4) is 0 Å². The van der Waals surface area contributed by atoms with Crippen molar-refractivity contribution in [2.75, 3.05) is 6.61 Å². The molecule has 0 N–H and O–H groups in total. The molecule has 0 radical (unpaired) electrons. The van der Waals surface area contributed by atoms with E-state index >= 15 is 0 Å². The molecule has 29 heavy (non-hydrogen) atoms. The minimum atomic E-state index is -0.890. The average molecular weight is 457 g/mol. The number of benzene rings is 3. The van der Waals surface area contributed by atoms with Crippen molar-refractivity contribution in [1.29, 1.82) is 0 Å². The molecule has 0 aliphatic heterocycles. The van der Waals surface area contributed by atoms with Crippen molar-refractivity contribution in [3.05, 3.63) is 58.6 Å². The Morgan fingerprint density at radius 2 is 1.69 bits per heavy atom. The summed E-state index contributed by atoms with van der Waals surface area (Å²) in [6.07, 6.45) is 0.665. The maximum atomic E-state index is 12.3. The van der Waals surface area contributed by atoms with Gasteiger partial charge in [-0.3, -0.25) is 4.79 Å². The van der Waals surface area contributed by atoms with Crippen LogP contribution in [0.1, 0.15) is 39.7 Å². The van der Waals surface area contributed by atoms with E-state index in [1.807, 2.05) is 39.0 Å². The van der Waals surface area contributed by atoms with E-state index < -0.39 is 11.6 Å². The molecular formula is C24H25BrO4. The molecule has 1 unspecified atom stereocenters. The number of rotatable bonds is 6. The summed E-state index contributed by atoms with van der Waals surface area (Å²) in [6.45, 7) is 6.94.